The van der Waals surface area contributed by atoms with Gasteiger partial charge in [0.15, 0.2) is 0 Å². The van der Waals surface area contributed by atoms with E-state index in [1.807, 2.05) is 0 Å². The number of Topliss-reactive ketones (excluding diaryl/α,β-unsaturated/α-hetero) is 1. The molecule has 1 amide bonds. The molecule has 0 aliphatic rings. The molecular weight excluding hydrogens is 333 g/mol. The first-order valence-electron chi connectivity index (χ1n) is 5.16. The van der Waals surface area contributed by atoms with E-state index in [-0.39, 0.29) is 74.3 Å². The number of hydrogen-bond acceptors (Lipinski definition) is 5. The zero-order chi connectivity index (χ0) is 14.8. The molecule has 0 saturated heterocycles. The molecule has 1 aromatic rings. The van der Waals surface area contributed by atoms with Gasteiger partial charge in [-0.3, -0.25) is 9.59 Å². The van der Waals surface area contributed by atoms with Crippen LogP contribution in [-0.4, -0.2) is 24.7 Å². The molecule has 104 valence electrons. The second kappa shape index (κ2) is 7.99. The fourth-order valence-corrected chi connectivity index (χ4v) is 2.47. The van der Waals surface area contributed by atoms with Crippen LogP contribution < -0.4 is 56.7 Å². The molecule has 0 spiro atoms. The average Bonchev–Trinajstić information content (AvgIpc) is 2.19. The van der Waals surface area contributed by atoms with Crippen LogP contribution in [0.4, 0.5) is 5.69 Å². The van der Waals surface area contributed by atoms with Crippen LogP contribution in [0.3, 0.4) is 0 Å². The van der Waals surface area contributed by atoms with Gasteiger partial charge in [0.05, 0.1) is 16.3 Å². The summed E-state index contributed by atoms with van der Waals surface area (Å²) in [5, 5.41) is 2.14. The SMILES string of the molecule is CC(=O)CC(=O)Nc1cc(Cl)c(S(=O)(=O)[O-])cc1C.[K+]. The summed E-state index contributed by atoms with van der Waals surface area (Å²) < 4.78 is 32.7. The number of aryl methyl sites for hydroxylation is 1. The Kier molecular flexibility index (Phi) is 8.07. The average molecular weight is 344 g/mol. The first kappa shape index (κ1) is 20.2. The molecule has 0 fully saturated rings. The van der Waals surface area contributed by atoms with Gasteiger partial charge in [0.2, 0.25) is 5.91 Å². The van der Waals surface area contributed by atoms with Crippen LogP contribution >= 0.6 is 11.6 Å². The molecule has 0 saturated carbocycles. The van der Waals surface area contributed by atoms with Crippen LogP contribution in [0.1, 0.15) is 18.9 Å². The zero-order valence-electron chi connectivity index (χ0n) is 11.2. The number of halogens is 1. The second-order valence-corrected chi connectivity index (χ2v) is 5.73. The third-order valence-electron chi connectivity index (χ3n) is 2.23. The Labute approximate surface area is 164 Å². The number of carbonyl (C=O) groups excluding carboxylic acids is 2. The van der Waals surface area contributed by atoms with E-state index in [2.05, 4.69) is 5.32 Å². The van der Waals surface area contributed by atoms with Crippen molar-refractivity contribution in [3.63, 3.8) is 0 Å². The van der Waals surface area contributed by atoms with E-state index in [1.165, 1.54) is 19.9 Å². The van der Waals surface area contributed by atoms with Gasteiger partial charge in [0.1, 0.15) is 15.9 Å². The molecule has 0 aliphatic carbocycles. The van der Waals surface area contributed by atoms with E-state index in [0.717, 1.165) is 6.07 Å². The van der Waals surface area contributed by atoms with E-state index in [9.17, 15) is 22.6 Å². The molecule has 20 heavy (non-hydrogen) atoms. The predicted octanol–water partition coefficient (Wildman–Crippen LogP) is -1.53. The molecule has 1 N–H and O–H groups in total. The Morgan fingerprint density at radius 2 is 1.90 bits per heavy atom. The van der Waals surface area contributed by atoms with Crippen molar-refractivity contribution in [2.45, 2.75) is 25.2 Å². The quantitative estimate of drug-likeness (QED) is 0.406. The van der Waals surface area contributed by atoms with Crippen molar-refractivity contribution >= 4 is 39.1 Å². The number of benzene rings is 1. The third-order valence-corrected chi connectivity index (χ3v) is 3.53. The van der Waals surface area contributed by atoms with Crippen LogP contribution in [0.2, 0.25) is 5.02 Å². The van der Waals surface area contributed by atoms with Gasteiger partial charge in [-0.25, -0.2) is 8.42 Å². The molecule has 0 unspecified atom stereocenters. The molecule has 0 heterocycles. The summed E-state index contributed by atoms with van der Waals surface area (Å²) in [6, 6.07) is 2.24. The zero-order valence-corrected chi connectivity index (χ0v) is 15.9. The minimum Gasteiger partial charge on any atom is -0.744 e. The van der Waals surface area contributed by atoms with Crippen molar-refractivity contribution in [2.75, 3.05) is 5.32 Å². The molecule has 0 atom stereocenters. The fourth-order valence-electron chi connectivity index (χ4n) is 1.40. The number of amides is 1. The predicted molar refractivity (Wildman–Crippen MR) is 68.1 cm³/mol. The summed E-state index contributed by atoms with van der Waals surface area (Å²) in [7, 11) is -4.67. The van der Waals surface area contributed by atoms with Crippen molar-refractivity contribution in [3.8, 4) is 0 Å². The molecule has 0 aliphatic heterocycles. The number of ketones is 1. The standard InChI is InChI=1S/C11H12ClNO5S.K/c1-6-3-10(19(16,17)18)8(12)5-9(6)13-11(15)4-7(2)14;/h3,5H,4H2,1-2H3,(H,13,15)(H,16,17,18);/q;+1/p-1. The molecule has 1 rings (SSSR count). The molecule has 0 radical (unpaired) electrons. The van der Waals surface area contributed by atoms with Crippen LogP contribution in [0.15, 0.2) is 17.0 Å². The minimum atomic E-state index is -4.67. The van der Waals surface area contributed by atoms with E-state index >= 15 is 0 Å². The van der Waals surface area contributed by atoms with Gasteiger partial charge in [-0.2, -0.15) is 0 Å². The molecule has 6 nitrogen and oxygen atoms in total. The van der Waals surface area contributed by atoms with Crippen molar-refractivity contribution < 1.29 is 73.9 Å². The van der Waals surface area contributed by atoms with E-state index in [1.54, 1.807) is 0 Å². The Bertz CT molecular complexity index is 644. The first-order chi connectivity index (χ1) is 8.61. The van der Waals surface area contributed by atoms with Crippen LogP contribution in [0, 0.1) is 6.92 Å². The number of hydrogen-bond donors (Lipinski definition) is 1. The largest absolute Gasteiger partial charge is 1.00 e. The molecule has 9 heteroatoms. The van der Waals surface area contributed by atoms with E-state index in [0.29, 0.717) is 5.56 Å². The van der Waals surface area contributed by atoms with E-state index < -0.39 is 20.9 Å². The van der Waals surface area contributed by atoms with Gasteiger partial charge in [-0.1, -0.05) is 11.6 Å². The van der Waals surface area contributed by atoms with Crippen molar-refractivity contribution in [3.05, 3.63) is 22.7 Å². The molecule has 0 aromatic heterocycles. The number of rotatable bonds is 4. The monoisotopic (exact) mass is 343 g/mol. The summed E-state index contributed by atoms with van der Waals surface area (Å²) in [6.45, 7) is 2.78. The maximum atomic E-state index is 11.4. The Balaban J connectivity index is 0.00000361. The first-order valence-corrected chi connectivity index (χ1v) is 6.95. The number of carbonyl (C=O) groups is 2. The van der Waals surface area contributed by atoms with Crippen molar-refractivity contribution in [1.82, 2.24) is 0 Å². The topological polar surface area (TPSA) is 103 Å². The van der Waals surface area contributed by atoms with Gasteiger partial charge in [-0.05, 0) is 31.5 Å². The van der Waals surface area contributed by atoms with Gasteiger partial charge >= 0.3 is 51.4 Å². The summed E-state index contributed by atoms with van der Waals surface area (Å²) in [4.78, 5) is 21.6. The molecule has 1 aromatic carbocycles. The van der Waals surface area contributed by atoms with Gasteiger partial charge in [0.25, 0.3) is 0 Å². The normalized spacial score (nSPS) is 10.6. The van der Waals surface area contributed by atoms with Gasteiger partial charge in [0, 0.05) is 5.69 Å². The Morgan fingerprint density at radius 3 is 2.35 bits per heavy atom. The summed E-state index contributed by atoms with van der Waals surface area (Å²) in [5.74, 6) is -0.843. The Hall–Kier alpha value is 0.196. The maximum absolute atomic E-state index is 11.4. The van der Waals surface area contributed by atoms with Gasteiger partial charge in [-0.15, -0.1) is 0 Å². The Morgan fingerprint density at radius 1 is 1.35 bits per heavy atom. The maximum Gasteiger partial charge on any atom is 1.00 e. The van der Waals surface area contributed by atoms with Gasteiger partial charge < -0.3 is 9.87 Å². The van der Waals surface area contributed by atoms with Crippen LogP contribution in [-0.2, 0) is 19.7 Å². The van der Waals surface area contributed by atoms with Crippen LogP contribution in [0.25, 0.3) is 0 Å². The fraction of sp³-hybridized carbons (Fsp3) is 0.273. The summed E-state index contributed by atoms with van der Waals surface area (Å²) in [6.07, 6.45) is -0.293. The third kappa shape index (κ3) is 5.90. The second-order valence-electron chi connectivity index (χ2n) is 3.98. The van der Waals surface area contributed by atoms with Crippen molar-refractivity contribution in [1.29, 1.82) is 0 Å². The number of nitrogens with one attached hydrogen (secondary N) is 1. The van der Waals surface area contributed by atoms with Crippen molar-refractivity contribution in [2.24, 2.45) is 0 Å². The smallest absolute Gasteiger partial charge is 0.744 e. The number of anilines is 1. The summed E-state index contributed by atoms with van der Waals surface area (Å²) >= 11 is 5.68. The minimum absolute atomic E-state index is 0. The molecule has 0 bridgehead atoms. The van der Waals surface area contributed by atoms with E-state index in [4.69, 9.17) is 11.6 Å². The van der Waals surface area contributed by atoms with Crippen LogP contribution in [0.5, 0.6) is 0 Å². The summed E-state index contributed by atoms with van der Waals surface area (Å²) in [5.41, 5.74) is 0.611. The molecular formula is C11H11ClKNO5S.